The number of hydrogen-bond donors (Lipinski definition) is 0. The SMILES string of the molecule is CC(C)c1cccc(C(C)C)c1-c1cc(Oc2[c-]c3c(cc2)c2cc(C(C)(C)c4ccccc4)ccc2n3-c2cc(C(C)(C)C)ccn2)[c-]c(N2[CH-]N(c3cc(C(C)(C)C)cc(C(C)(C)C)c3)c3ccccc32)c1.[Pt]. The van der Waals surface area contributed by atoms with E-state index in [0.29, 0.717) is 23.3 Å². The minimum absolute atomic E-state index is 0. The summed E-state index contributed by atoms with van der Waals surface area (Å²) in [7, 11) is 0. The van der Waals surface area contributed by atoms with Crippen LogP contribution in [0.4, 0.5) is 22.7 Å². The van der Waals surface area contributed by atoms with E-state index in [-0.39, 0.29) is 42.7 Å². The molecule has 1 aliphatic rings. The van der Waals surface area contributed by atoms with Gasteiger partial charge in [0.1, 0.15) is 5.82 Å². The van der Waals surface area contributed by atoms with Crippen molar-refractivity contribution in [2.45, 2.75) is 137 Å². The zero-order valence-corrected chi connectivity index (χ0v) is 49.0. The first-order chi connectivity index (χ1) is 35.0. The predicted octanol–water partition coefficient (Wildman–Crippen LogP) is 19.1. The molecule has 10 rings (SSSR count). The Balaban J connectivity index is 0.00000689. The molecular weight excluding hydrogens is 1100 g/mol. The Morgan fingerprint density at radius 1 is 0.507 bits per heavy atom. The number of hydrogen-bond acceptors (Lipinski definition) is 4. The molecule has 0 aliphatic carbocycles. The molecule has 0 atom stereocenters. The van der Waals surface area contributed by atoms with Crippen LogP contribution in [0.1, 0.15) is 155 Å². The summed E-state index contributed by atoms with van der Waals surface area (Å²) in [5.74, 6) is 2.64. The Bertz CT molecular complexity index is 3500. The minimum atomic E-state index is -0.223. The Morgan fingerprint density at radius 2 is 1.12 bits per heavy atom. The van der Waals surface area contributed by atoms with Gasteiger partial charge in [-0.3, -0.25) is 0 Å². The minimum Gasteiger partial charge on any atom is -0.509 e. The number of anilines is 4. The first-order valence-electron chi connectivity index (χ1n) is 26.6. The van der Waals surface area contributed by atoms with Crippen LogP contribution in [0.5, 0.6) is 11.5 Å². The normalized spacial score (nSPS) is 13.3. The number of rotatable bonds is 10. The third kappa shape index (κ3) is 10.2. The van der Waals surface area contributed by atoms with Crippen LogP contribution in [-0.2, 0) is 42.7 Å². The molecule has 3 heterocycles. The number of aromatic nitrogens is 2. The summed E-state index contributed by atoms with van der Waals surface area (Å²) in [5, 5.41) is 2.23. The first-order valence-corrected chi connectivity index (χ1v) is 26.6. The van der Waals surface area contributed by atoms with Gasteiger partial charge >= 0.3 is 0 Å². The molecule has 5 nitrogen and oxygen atoms in total. The zero-order chi connectivity index (χ0) is 52.6. The fourth-order valence-electron chi connectivity index (χ4n) is 10.6. The van der Waals surface area contributed by atoms with Crippen LogP contribution < -0.4 is 14.5 Å². The smallest absolute Gasteiger partial charge is 0.135 e. The van der Waals surface area contributed by atoms with Gasteiger partial charge in [0.2, 0.25) is 0 Å². The predicted molar refractivity (Wildman–Crippen MR) is 313 cm³/mol. The third-order valence-electron chi connectivity index (χ3n) is 15.2. The summed E-state index contributed by atoms with van der Waals surface area (Å²) in [6.45, 7) is 36.6. The van der Waals surface area contributed by atoms with Crippen molar-refractivity contribution in [3.05, 3.63) is 210 Å². The summed E-state index contributed by atoms with van der Waals surface area (Å²) in [4.78, 5) is 9.67. The van der Waals surface area contributed by atoms with E-state index >= 15 is 0 Å². The van der Waals surface area contributed by atoms with Gasteiger partial charge in [-0.2, -0.15) is 6.07 Å². The van der Waals surface area contributed by atoms with Gasteiger partial charge in [0, 0.05) is 66.8 Å². The molecule has 388 valence electrons. The largest absolute Gasteiger partial charge is 0.509 e. The molecule has 0 amide bonds. The molecule has 9 aromatic rings. The van der Waals surface area contributed by atoms with Gasteiger partial charge in [-0.15, -0.1) is 53.6 Å². The molecule has 0 unspecified atom stereocenters. The maximum absolute atomic E-state index is 7.16. The Kier molecular flexibility index (Phi) is 14.2. The van der Waals surface area contributed by atoms with Gasteiger partial charge in [-0.25, -0.2) is 4.98 Å². The molecule has 0 fully saturated rings. The van der Waals surface area contributed by atoms with E-state index in [2.05, 4.69) is 283 Å². The van der Waals surface area contributed by atoms with Gasteiger partial charge in [0.05, 0.1) is 0 Å². The Hall–Kier alpha value is -6.42. The van der Waals surface area contributed by atoms with Crippen molar-refractivity contribution in [3.8, 4) is 28.4 Å². The number of ether oxygens (including phenoxy) is 1. The van der Waals surface area contributed by atoms with Crippen molar-refractivity contribution in [1.29, 1.82) is 0 Å². The number of para-hydroxylation sites is 2. The van der Waals surface area contributed by atoms with Gasteiger partial charge in [0.15, 0.2) is 0 Å². The number of nitrogens with zero attached hydrogens (tertiary/aromatic N) is 4. The van der Waals surface area contributed by atoms with Crippen LogP contribution in [0, 0.1) is 18.8 Å². The molecule has 0 saturated heterocycles. The van der Waals surface area contributed by atoms with Crippen molar-refractivity contribution < 1.29 is 25.8 Å². The quantitative estimate of drug-likeness (QED) is 0.128. The summed E-state index contributed by atoms with van der Waals surface area (Å²) in [6, 6.07) is 61.0. The van der Waals surface area contributed by atoms with Crippen LogP contribution in [0.3, 0.4) is 0 Å². The van der Waals surface area contributed by atoms with Crippen molar-refractivity contribution >= 4 is 44.6 Å². The third-order valence-corrected chi connectivity index (χ3v) is 15.2. The molecular formula is C69H73N4OPt-3. The van der Waals surface area contributed by atoms with Crippen LogP contribution in [0.2, 0.25) is 0 Å². The first kappa shape index (κ1) is 53.4. The van der Waals surface area contributed by atoms with Crippen molar-refractivity contribution in [2.24, 2.45) is 0 Å². The second-order valence-corrected chi connectivity index (χ2v) is 24.8. The summed E-state index contributed by atoms with van der Waals surface area (Å²) < 4.78 is 9.42. The molecule has 1 aliphatic heterocycles. The monoisotopic (exact) mass is 1170 g/mol. The van der Waals surface area contributed by atoms with Gasteiger partial charge in [-0.05, 0) is 120 Å². The van der Waals surface area contributed by atoms with Crippen molar-refractivity contribution in [2.75, 3.05) is 9.80 Å². The number of fused-ring (bicyclic) bond motifs is 4. The maximum atomic E-state index is 7.16. The fraction of sp³-hybridized carbons (Fsp3) is 0.304. The Morgan fingerprint density at radius 3 is 1.73 bits per heavy atom. The molecule has 6 heteroatoms. The topological polar surface area (TPSA) is 33.5 Å². The number of benzene rings is 7. The second-order valence-electron chi connectivity index (χ2n) is 24.8. The average Bonchev–Trinajstić information content (AvgIpc) is 3.91. The van der Waals surface area contributed by atoms with Gasteiger partial charge in [0.25, 0.3) is 0 Å². The fourth-order valence-corrected chi connectivity index (χ4v) is 10.6. The molecule has 7 aromatic carbocycles. The van der Waals surface area contributed by atoms with E-state index in [9.17, 15) is 0 Å². The van der Waals surface area contributed by atoms with Crippen LogP contribution in [0.25, 0.3) is 38.8 Å². The Labute approximate surface area is 462 Å². The summed E-state index contributed by atoms with van der Waals surface area (Å²) in [6.07, 6.45) is 1.93. The molecule has 0 bridgehead atoms. The number of pyridine rings is 1. The van der Waals surface area contributed by atoms with Crippen molar-refractivity contribution in [1.82, 2.24) is 9.55 Å². The van der Waals surface area contributed by atoms with Crippen LogP contribution in [0.15, 0.2) is 152 Å². The molecule has 0 saturated carbocycles. The molecule has 0 N–H and O–H groups in total. The molecule has 2 aromatic heterocycles. The van der Waals surface area contributed by atoms with E-state index in [1.54, 1.807) is 0 Å². The van der Waals surface area contributed by atoms with Crippen molar-refractivity contribution in [3.63, 3.8) is 0 Å². The average molecular weight is 1170 g/mol. The van der Waals surface area contributed by atoms with Crippen LogP contribution in [-0.4, -0.2) is 9.55 Å². The maximum Gasteiger partial charge on any atom is 0.135 e. The molecule has 0 radical (unpaired) electrons. The standard InChI is InChI=1S/C69H73N4O.Pt/c1-44(2)56-24-21-25-57(45(3)4)65(56)46-34-52(71-43-72(62-27-20-19-26-61(62)71)53-37-50(67(8,9)10)36-51(38-53)68(11,12)13)41-55(35-46)74-54-29-30-58-59-39-49(69(14,15)47-22-17-16-18-23-47)28-31-60(59)73(63(58)42-54)64-40-48(32-33-70-64)66(5,6)7;/h16-40,43-45H,1-15H3;/q-3;. The van der Waals surface area contributed by atoms with E-state index in [1.165, 1.54) is 44.5 Å². The van der Waals surface area contributed by atoms with Gasteiger partial charge < -0.3 is 19.1 Å². The van der Waals surface area contributed by atoms with Crippen LogP contribution >= 0.6 is 0 Å². The second kappa shape index (κ2) is 19.9. The van der Waals surface area contributed by atoms with Gasteiger partial charge in [-0.1, -0.05) is 188 Å². The summed E-state index contributed by atoms with van der Waals surface area (Å²) >= 11 is 0. The van der Waals surface area contributed by atoms with E-state index in [0.717, 1.165) is 55.9 Å². The molecule has 0 spiro atoms. The molecule has 75 heavy (non-hydrogen) atoms. The zero-order valence-electron chi connectivity index (χ0n) is 46.7. The van der Waals surface area contributed by atoms with E-state index < -0.39 is 0 Å². The van der Waals surface area contributed by atoms with E-state index in [1.807, 2.05) is 6.20 Å². The summed E-state index contributed by atoms with van der Waals surface area (Å²) in [5.41, 5.74) is 17.1. The van der Waals surface area contributed by atoms with E-state index in [4.69, 9.17) is 9.72 Å².